The predicted octanol–water partition coefficient (Wildman–Crippen LogP) is 2.28. The van der Waals surface area contributed by atoms with Gasteiger partial charge in [-0.15, -0.1) is 0 Å². The first-order chi connectivity index (χ1) is 9.36. The summed E-state index contributed by atoms with van der Waals surface area (Å²) in [5, 5.41) is -0.494. The molecule has 1 fully saturated rings. The molecule has 2 atom stereocenters. The molecule has 0 aromatic heterocycles. The van der Waals surface area contributed by atoms with Crippen LogP contribution in [-0.2, 0) is 9.84 Å². The van der Waals surface area contributed by atoms with Crippen molar-refractivity contribution in [3.63, 3.8) is 0 Å². The van der Waals surface area contributed by atoms with Gasteiger partial charge in [-0.25, -0.2) is 8.42 Å². The van der Waals surface area contributed by atoms with E-state index in [1.54, 1.807) is 7.11 Å². The van der Waals surface area contributed by atoms with Crippen LogP contribution in [0.25, 0.3) is 0 Å². The van der Waals surface area contributed by atoms with Gasteiger partial charge in [-0.2, -0.15) is 0 Å². The molecule has 1 aliphatic rings. The molecule has 0 saturated carbocycles. The van der Waals surface area contributed by atoms with Gasteiger partial charge in [-0.05, 0) is 43.9 Å². The van der Waals surface area contributed by atoms with Gasteiger partial charge in [-0.1, -0.05) is 12.5 Å². The molecule has 1 heterocycles. The third-order valence-corrected chi connectivity index (χ3v) is 6.38. The average Bonchev–Trinajstić information content (AvgIpc) is 2.36. The molecule has 5 heteroatoms. The van der Waals surface area contributed by atoms with Gasteiger partial charge in [0.2, 0.25) is 0 Å². The van der Waals surface area contributed by atoms with Crippen LogP contribution in [0.3, 0.4) is 0 Å². The minimum absolute atomic E-state index is 0.249. The Hall–Kier alpha value is -1.07. The molecular weight excluding hydrogens is 274 g/mol. The Morgan fingerprint density at radius 2 is 2.00 bits per heavy atom. The third-order valence-electron chi connectivity index (χ3n) is 4.08. The van der Waals surface area contributed by atoms with Gasteiger partial charge < -0.3 is 10.5 Å². The van der Waals surface area contributed by atoms with Gasteiger partial charge in [0.15, 0.2) is 9.84 Å². The molecule has 1 aromatic carbocycles. The molecule has 1 saturated heterocycles. The SMILES string of the molecule is COc1cc(C)cc(C)c1C(N)C1CCCCS1(=O)=O. The van der Waals surface area contributed by atoms with Gasteiger partial charge in [0.1, 0.15) is 5.75 Å². The lowest BCUT2D eigenvalue weighted by Crippen LogP contribution is -2.38. The lowest BCUT2D eigenvalue weighted by atomic mass is 9.94. The maximum atomic E-state index is 12.3. The van der Waals surface area contributed by atoms with Crippen LogP contribution in [0.15, 0.2) is 12.1 Å². The average molecular weight is 297 g/mol. The molecule has 0 radical (unpaired) electrons. The van der Waals surface area contributed by atoms with Crippen molar-refractivity contribution in [2.75, 3.05) is 12.9 Å². The molecule has 1 aromatic rings. The van der Waals surface area contributed by atoms with E-state index in [1.165, 1.54) is 0 Å². The van der Waals surface area contributed by atoms with Crippen molar-refractivity contribution < 1.29 is 13.2 Å². The van der Waals surface area contributed by atoms with E-state index in [4.69, 9.17) is 10.5 Å². The van der Waals surface area contributed by atoms with Crippen LogP contribution in [-0.4, -0.2) is 26.5 Å². The van der Waals surface area contributed by atoms with Crippen LogP contribution in [0.1, 0.15) is 42.0 Å². The van der Waals surface area contributed by atoms with E-state index in [2.05, 4.69) is 0 Å². The summed E-state index contributed by atoms with van der Waals surface area (Å²) in [6.45, 7) is 3.95. The molecule has 1 aliphatic heterocycles. The Labute approximate surface area is 121 Å². The Kier molecular flexibility index (Phi) is 4.39. The summed E-state index contributed by atoms with van der Waals surface area (Å²) in [4.78, 5) is 0. The van der Waals surface area contributed by atoms with Crippen LogP contribution in [0.4, 0.5) is 0 Å². The van der Waals surface area contributed by atoms with E-state index in [0.717, 1.165) is 29.5 Å². The standard InChI is InChI=1S/C15H23NO3S/c1-10-8-11(2)14(12(9-10)19-3)15(16)13-6-4-5-7-20(13,17)18/h8-9,13,15H,4-7,16H2,1-3H3. The van der Waals surface area contributed by atoms with Crippen LogP contribution in [0.5, 0.6) is 5.75 Å². The summed E-state index contributed by atoms with van der Waals surface area (Å²) in [5.41, 5.74) is 9.22. The highest BCUT2D eigenvalue weighted by Gasteiger charge is 2.36. The smallest absolute Gasteiger partial charge is 0.155 e. The number of ether oxygens (including phenoxy) is 1. The lowest BCUT2D eigenvalue weighted by Gasteiger charge is -2.29. The number of methoxy groups -OCH3 is 1. The summed E-state index contributed by atoms with van der Waals surface area (Å²) in [7, 11) is -1.51. The molecule has 4 nitrogen and oxygen atoms in total. The van der Waals surface area contributed by atoms with Crippen LogP contribution in [0, 0.1) is 13.8 Å². The van der Waals surface area contributed by atoms with Gasteiger partial charge >= 0.3 is 0 Å². The number of rotatable bonds is 3. The minimum atomic E-state index is -3.10. The maximum Gasteiger partial charge on any atom is 0.155 e. The van der Waals surface area contributed by atoms with E-state index in [-0.39, 0.29) is 5.75 Å². The van der Waals surface area contributed by atoms with E-state index >= 15 is 0 Å². The highest BCUT2D eigenvalue weighted by molar-refractivity contribution is 7.92. The normalized spacial score (nSPS) is 23.3. The summed E-state index contributed by atoms with van der Waals surface area (Å²) in [6, 6.07) is 3.42. The number of aryl methyl sites for hydroxylation is 2. The molecule has 2 unspecified atom stereocenters. The lowest BCUT2D eigenvalue weighted by molar-refractivity contribution is 0.401. The summed E-state index contributed by atoms with van der Waals surface area (Å²) < 4.78 is 29.9. The Balaban J connectivity index is 2.45. The summed E-state index contributed by atoms with van der Waals surface area (Å²) >= 11 is 0. The van der Waals surface area contributed by atoms with Gasteiger partial charge in [0.25, 0.3) is 0 Å². The zero-order chi connectivity index (χ0) is 14.9. The van der Waals surface area contributed by atoms with Crippen molar-refractivity contribution in [1.29, 1.82) is 0 Å². The van der Waals surface area contributed by atoms with Gasteiger partial charge in [0.05, 0.1) is 24.2 Å². The minimum Gasteiger partial charge on any atom is -0.496 e. The topological polar surface area (TPSA) is 69.4 Å². The van der Waals surface area contributed by atoms with Gasteiger partial charge in [-0.3, -0.25) is 0 Å². The number of nitrogens with two attached hydrogens (primary N) is 1. The number of sulfone groups is 1. The van der Waals surface area contributed by atoms with Crippen molar-refractivity contribution in [3.05, 3.63) is 28.8 Å². The highest BCUT2D eigenvalue weighted by Crippen LogP contribution is 2.36. The van der Waals surface area contributed by atoms with Crippen molar-refractivity contribution in [2.45, 2.75) is 44.4 Å². The van der Waals surface area contributed by atoms with E-state index in [1.807, 2.05) is 26.0 Å². The van der Waals surface area contributed by atoms with E-state index in [0.29, 0.717) is 12.2 Å². The molecule has 0 amide bonds. The monoisotopic (exact) mass is 297 g/mol. The van der Waals surface area contributed by atoms with E-state index < -0.39 is 21.1 Å². The largest absolute Gasteiger partial charge is 0.496 e. The van der Waals surface area contributed by atoms with Crippen LogP contribution < -0.4 is 10.5 Å². The third kappa shape index (κ3) is 2.83. The zero-order valence-electron chi connectivity index (χ0n) is 12.3. The molecule has 0 bridgehead atoms. The number of hydrogen-bond acceptors (Lipinski definition) is 4. The van der Waals surface area contributed by atoms with Crippen molar-refractivity contribution in [3.8, 4) is 5.75 Å². The quantitative estimate of drug-likeness (QED) is 0.929. The fourth-order valence-corrected chi connectivity index (χ4v) is 5.12. The first-order valence-electron chi connectivity index (χ1n) is 6.99. The Morgan fingerprint density at radius 3 is 2.60 bits per heavy atom. The predicted molar refractivity (Wildman–Crippen MR) is 80.8 cm³/mol. The Bertz CT molecular complexity index is 595. The number of benzene rings is 1. The van der Waals surface area contributed by atoms with Crippen LogP contribution >= 0.6 is 0 Å². The second-order valence-corrected chi connectivity index (χ2v) is 7.96. The zero-order valence-corrected chi connectivity index (χ0v) is 13.2. The second kappa shape index (κ2) is 5.74. The van der Waals surface area contributed by atoms with Crippen molar-refractivity contribution in [2.24, 2.45) is 5.73 Å². The first kappa shape index (κ1) is 15.3. The van der Waals surface area contributed by atoms with Crippen molar-refractivity contribution in [1.82, 2.24) is 0 Å². The van der Waals surface area contributed by atoms with Crippen LogP contribution in [0.2, 0.25) is 0 Å². The molecule has 112 valence electrons. The molecule has 2 rings (SSSR count). The number of hydrogen-bond donors (Lipinski definition) is 1. The molecular formula is C15H23NO3S. The summed E-state index contributed by atoms with van der Waals surface area (Å²) in [5.74, 6) is 0.939. The Morgan fingerprint density at radius 1 is 1.30 bits per heavy atom. The van der Waals surface area contributed by atoms with Crippen molar-refractivity contribution >= 4 is 9.84 Å². The summed E-state index contributed by atoms with van der Waals surface area (Å²) in [6.07, 6.45) is 2.31. The van der Waals surface area contributed by atoms with Gasteiger partial charge in [0, 0.05) is 5.56 Å². The second-order valence-electron chi connectivity index (χ2n) is 5.62. The fraction of sp³-hybridized carbons (Fsp3) is 0.600. The fourth-order valence-electron chi connectivity index (χ4n) is 3.10. The molecule has 0 aliphatic carbocycles. The highest BCUT2D eigenvalue weighted by atomic mass is 32.2. The first-order valence-corrected chi connectivity index (χ1v) is 8.70. The molecule has 2 N–H and O–H groups in total. The molecule has 0 spiro atoms. The van der Waals surface area contributed by atoms with E-state index in [9.17, 15) is 8.42 Å². The maximum absolute atomic E-state index is 12.3. The molecule has 20 heavy (non-hydrogen) atoms.